The van der Waals surface area contributed by atoms with E-state index in [1.54, 1.807) is 12.1 Å². The smallest absolute Gasteiger partial charge is 0.162 e. The lowest BCUT2D eigenvalue weighted by Crippen LogP contribution is -2.42. The molecule has 4 nitrogen and oxygen atoms in total. The number of benzene rings is 2. The molecule has 1 unspecified atom stereocenters. The normalized spacial score (nSPS) is 20.3. The van der Waals surface area contributed by atoms with E-state index in [-0.39, 0.29) is 11.2 Å². The lowest BCUT2D eigenvalue weighted by Gasteiger charge is -2.44. The molecule has 4 rings (SSSR count). The molecule has 1 aliphatic carbocycles. The van der Waals surface area contributed by atoms with Crippen molar-refractivity contribution in [3.05, 3.63) is 85.8 Å². The summed E-state index contributed by atoms with van der Waals surface area (Å²) in [7, 11) is 0. The first-order valence-corrected chi connectivity index (χ1v) is 11.3. The van der Waals surface area contributed by atoms with Gasteiger partial charge in [0, 0.05) is 23.4 Å². The minimum absolute atomic E-state index is 0.0486. The number of nitriles is 1. The highest BCUT2D eigenvalue weighted by atomic mass is 35.5. The quantitative estimate of drug-likeness (QED) is 0.545. The van der Waals surface area contributed by atoms with Crippen molar-refractivity contribution in [2.75, 3.05) is 4.90 Å². The summed E-state index contributed by atoms with van der Waals surface area (Å²) in [5, 5.41) is 11.0. The summed E-state index contributed by atoms with van der Waals surface area (Å²) in [5.74, 6) is -0.119. The van der Waals surface area contributed by atoms with Crippen LogP contribution in [0.3, 0.4) is 0 Å². The van der Waals surface area contributed by atoms with Crippen LogP contribution in [0.4, 0.5) is 5.69 Å². The van der Waals surface area contributed by atoms with Crippen molar-refractivity contribution in [1.29, 1.82) is 5.26 Å². The molecule has 0 aromatic heterocycles. The molecule has 2 aromatic carbocycles. The Morgan fingerprint density at radius 1 is 1.09 bits per heavy atom. The summed E-state index contributed by atoms with van der Waals surface area (Å²) in [4.78, 5) is 15.4. The molecule has 0 saturated heterocycles. The Morgan fingerprint density at radius 2 is 1.81 bits per heavy atom. The van der Waals surface area contributed by atoms with Gasteiger partial charge >= 0.3 is 0 Å². The first-order chi connectivity index (χ1) is 15.0. The number of carbonyl (C=O) groups is 1. The van der Waals surface area contributed by atoms with Crippen LogP contribution >= 0.6 is 23.2 Å². The topological polar surface area (TPSA) is 70.1 Å². The standard InChI is InChI=1S/C26H25Cl2N3O/c1-14-5-6-15(2)17(9-14)23-18(13-29)25(30)31(16-7-8-19(27)20(28)10-16)21-11-26(3,4)12-22(32)24(21)23/h5-10,23H,11-12,30H2,1-4H3. The molecule has 2 N–H and O–H groups in total. The predicted octanol–water partition coefficient (Wildman–Crippen LogP) is 6.55. The number of halogens is 2. The third kappa shape index (κ3) is 3.70. The summed E-state index contributed by atoms with van der Waals surface area (Å²) >= 11 is 12.5. The highest BCUT2D eigenvalue weighted by Gasteiger charge is 2.45. The minimum Gasteiger partial charge on any atom is -0.384 e. The van der Waals surface area contributed by atoms with Gasteiger partial charge in [0.2, 0.25) is 0 Å². The number of hydrogen-bond acceptors (Lipinski definition) is 4. The van der Waals surface area contributed by atoms with Crippen LogP contribution in [-0.4, -0.2) is 5.78 Å². The monoisotopic (exact) mass is 465 g/mol. The second-order valence-corrected chi connectivity index (χ2v) is 10.3. The lowest BCUT2D eigenvalue weighted by atomic mass is 9.68. The molecule has 2 aromatic rings. The van der Waals surface area contributed by atoms with Crippen LogP contribution in [0.25, 0.3) is 0 Å². The number of Topliss-reactive ketones (excluding diaryl/α,β-unsaturated/α-hetero) is 1. The van der Waals surface area contributed by atoms with E-state index in [2.05, 4.69) is 26.0 Å². The Morgan fingerprint density at radius 3 is 2.47 bits per heavy atom. The molecule has 32 heavy (non-hydrogen) atoms. The van der Waals surface area contributed by atoms with Gasteiger partial charge in [0.05, 0.1) is 27.6 Å². The molecule has 164 valence electrons. The largest absolute Gasteiger partial charge is 0.384 e. The van der Waals surface area contributed by atoms with Crippen LogP contribution in [0.5, 0.6) is 0 Å². The molecule has 0 spiro atoms. The molecule has 1 heterocycles. The molecule has 0 radical (unpaired) electrons. The van der Waals surface area contributed by atoms with Gasteiger partial charge in [-0.25, -0.2) is 0 Å². The summed E-state index contributed by atoms with van der Waals surface area (Å²) in [6.07, 6.45) is 1.07. The number of carbonyl (C=O) groups excluding carboxylic acids is 1. The van der Waals surface area contributed by atoms with Crippen molar-refractivity contribution in [3.8, 4) is 6.07 Å². The minimum atomic E-state index is -0.488. The lowest BCUT2D eigenvalue weighted by molar-refractivity contribution is -0.118. The van der Waals surface area contributed by atoms with Crippen molar-refractivity contribution < 1.29 is 4.79 Å². The zero-order valence-electron chi connectivity index (χ0n) is 18.6. The average molecular weight is 466 g/mol. The van der Waals surface area contributed by atoms with Gasteiger partial charge in [-0.2, -0.15) is 5.26 Å². The Bertz CT molecular complexity index is 1250. The maximum Gasteiger partial charge on any atom is 0.162 e. The Balaban J connectivity index is 2.04. The fourth-order valence-electron chi connectivity index (χ4n) is 4.81. The Kier molecular flexibility index (Phi) is 5.61. The summed E-state index contributed by atoms with van der Waals surface area (Å²) < 4.78 is 0. The average Bonchev–Trinajstić information content (AvgIpc) is 2.70. The Hall–Kier alpha value is -2.74. The van der Waals surface area contributed by atoms with Crippen molar-refractivity contribution in [3.63, 3.8) is 0 Å². The fourth-order valence-corrected chi connectivity index (χ4v) is 5.10. The van der Waals surface area contributed by atoms with Gasteiger partial charge in [-0.1, -0.05) is 60.8 Å². The maximum atomic E-state index is 13.6. The van der Waals surface area contributed by atoms with E-state index in [0.29, 0.717) is 45.5 Å². The zero-order valence-corrected chi connectivity index (χ0v) is 20.1. The van der Waals surface area contributed by atoms with Crippen LogP contribution in [0.2, 0.25) is 10.0 Å². The van der Waals surface area contributed by atoms with E-state index in [9.17, 15) is 10.1 Å². The first-order valence-electron chi connectivity index (χ1n) is 10.5. The van der Waals surface area contributed by atoms with Gasteiger partial charge in [0.1, 0.15) is 5.82 Å². The van der Waals surface area contributed by atoms with E-state index in [1.807, 2.05) is 36.9 Å². The summed E-state index contributed by atoms with van der Waals surface area (Å²) in [5.41, 5.74) is 12.0. The van der Waals surface area contributed by atoms with Gasteiger partial charge in [-0.05, 0) is 55.0 Å². The molecule has 6 heteroatoms. The van der Waals surface area contributed by atoms with E-state index < -0.39 is 5.92 Å². The maximum absolute atomic E-state index is 13.6. The van der Waals surface area contributed by atoms with Crippen LogP contribution in [0, 0.1) is 30.6 Å². The molecule has 0 bridgehead atoms. The Labute approximate surface area is 198 Å². The number of hydrogen-bond donors (Lipinski definition) is 1. The van der Waals surface area contributed by atoms with Crippen LogP contribution in [0.1, 0.15) is 49.3 Å². The van der Waals surface area contributed by atoms with Crippen LogP contribution < -0.4 is 10.6 Å². The van der Waals surface area contributed by atoms with Crippen LogP contribution in [-0.2, 0) is 4.79 Å². The van der Waals surface area contributed by atoms with Crippen molar-refractivity contribution in [2.24, 2.45) is 11.1 Å². The number of nitrogens with two attached hydrogens (primary N) is 1. The van der Waals surface area contributed by atoms with Crippen LogP contribution in [0.15, 0.2) is 59.1 Å². The number of anilines is 1. The second-order valence-electron chi connectivity index (χ2n) is 9.44. The molecular weight excluding hydrogens is 441 g/mol. The molecule has 2 aliphatic rings. The van der Waals surface area contributed by atoms with E-state index in [1.165, 1.54) is 0 Å². The van der Waals surface area contributed by atoms with E-state index >= 15 is 0 Å². The number of aryl methyl sites for hydroxylation is 2. The van der Waals surface area contributed by atoms with E-state index in [0.717, 1.165) is 22.4 Å². The highest BCUT2D eigenvalue weighted by molar-refractivity contribution is 6.42. The molecule has 0 saturated carbocycles. The van der Waals surface area contributed by atoms with Gasteiger partial charge < -0.3 is 5.73 Å². The van der Waals surface area contributed by atoms with Crippen molar-refractivity contribution >= 4 is 34.7 Å². The second kappa shape index (κ2) is 7.99. The van der Waals surface area contributed by atoms with Gasteiger partial charge in [0.25, 0.3) is 0 Å². The molecule has 0 amide bonds. The number of rotatable bonds is 2. The SMILES string of the molecule is Cc1ccc(C)c(C2C(C#N)=C(N)N(c3ccc(Cl)c(Cl)c3)C3=C2C(=O)CC(C)(C)C3)c1. The molecule has 1 atom stereocenters. The van der Waals surface area contributed by atoms with Crippen molar-refractivity contribution in [1.82, 2.24) is 0 Å². The van der Waals surface area contributed by atoms with E-state index in [4.69, 9.17) is 28.9 Å². The zero-order chi connectivity index (χ0) is 23.4. The summed E-state index contributed by atoms with van der Waals surface area (Å²) in [6.45, 7) is 8.17. The van der Waals surface area contributed by atoms with Gasteiger partial charge in [0.15, 0.2) is 5.78 Å². The number of nitrogens with zero attached hydrogens (tertiary/aromatic N) is 2. The summed E-state index contributed by atoms with van der Waals surface area (Å²) in [6, 6.07) is 13.7. The third-order valence-corrected chi connectivity index (χ3v) is 7.03. The first kappa shape index (κ1) is 22.5. The fraction of sp³-hybridized carbons (Fsp3) is 0.308. The highest BCUT2D eigenvalue weighted by Crippen LogP contribution is 2.51. The number of allylic oxidation sites excluding steroid dienone is 3. The van der Waals surface area contributed by atoms with Gasteiger partial charge in [-0.3, -0.25) is 9.69 Å². The van der Waals surface area contributed by atoms with Crippen molar-refractivity contribution in [2.45, 2.75) is 46.5 Å². The molecular formula is C26H25Cl2N3O. The third-order valence-electron chi connectivity index (χ3n) is 6.29. The molecule has 1 aliphatic heterocycles. The van der Waals surface area contributed by atoms with Gasteiger partial charge in [-0.15, -0.1) is 0 Å². The number of ketones is 1. The predicted molar refractivity (Wildman–Crippen MR) is 129 cm³/mol. The molecule has 0 fully saturated rings.